The standard InChI is InChI=1S/C19H25N3O3.C2HF3O2/c23-17(15-4-3-9-20-14-15)22-12-7-19(8-13-22)6-5-16(25-19)18(24)21-10-1-2-11-21;3-2(4,5)1(6)7/h3-4,9,14,16H,1-2,5-8,10-13H2;(H,6,7). The number of carbonyl (C=O) groups is 3. The number of halogens is 3. The van der Waals surface area contributed by atoms with Crippen LogP contribution < -0.4 is 0 Å². The molecule has 2 amide bonds. The third-order valence-electron chi connectivity index (χ3n) is 6.06. The maximum Gasteiger partial charge on any atom is 0.490 e. The van der Waals surface area contributed by atoms with E-state index in [0.29, 0.717) is 18.7 Å². The number of nitrogens with zero attached hydrogens (tertiary/aromatic N) is 3. The Morgan fingerprint density at radius 2 is 1.69 bits per heavy atom. The molecule has 176 valence electrons. The highest BCUT2D eigenvalue weighted by molar-refractivity contribution is 5.94. The molecule has 3 fully saturated rings. The van der Waals surface area contributed by atoms with Crippen molar-refractivity contribution >= 4 is 17.8 Å². The number of aliphatic carboxylic acids is 1. The first-order chi connectivity index (χ1) is 15.1. The van der Waals surface area contributed by atoms with Crippen LogP contribution in [-0.2, 0) is 14.3 Å². The number of pyridine rings is 1. The van der Waals surface area contributed by atoms with Gasteiger partial charge in [-0.1, -0.05) is 0 Å². The average molecular weight is 457 g/mol. The summed E-state index contributed by atoms with van der Waals surface area (Å²) in [4.78, 5) is 41.8. The summed E-state index contributed by atoms with van der Waals surface area (Å²) < 4.78 is 38.0. The highest BCUT2D eigenvalue weighted by atomic mass is 19.4. The molecule has 3 aliphatic heterocycles. The van der Waals surface area contributed by atoms with Crippen LogP contribution in [0.15, 0.2) is 24.5 Å². The first-order valence-corrected chi connectivity index (χ1v) is 10.6. The molecule has 0 bridgehead atoms. The number of carboxylic acids is 1. The van der Waals surface area contributed by atoms with Gasteiger partial charge in [-0.05, 0) is 50.7 Å². The van der Waals surface area contributed by atoms with Crippen molar-refractivity contribution < 1.29 is 37.4 Å². The number of hydrogen-bond donors (Lipinski definition) is 1. The van der Waals surface area contributed by atoms with Gasteiger partial charge in [0.15, 0.2) is 0 Å². The Hall–Kier alpha value is -2.69. The van der Waals surface area contributed by atoms with E-state index in [9.17, 15) is 22.8 Å². The lowest BCUT2D eigenvalue weighted by molar-refractivity contribution is -0.192. The van der Waals surface area contributed by atoms with Crippen LogP contribution in [-0.4, -0.2) is 81.7 Å². The molecule has 11 heteroatoms. The largest absolute Gasteiger partial charge is 0.490 e. The van der Waals surface area contributed by atoms with Crippen molar-refractivity contribution in [2.24, 2.45) is 0 Å². The normalized spacial score (nSPS) is 22.4. The van der Waals surface area contributed by atoms with Crippen molar-refractivity contribution in [1.29, 1.82) is 0 Å². The van der Waals surface area contributed by atoms with E-state index in [4.69, 9.17) is 14.6 Å². The molecule has 1 aromatic heterocycles. The monoisotopic (exact) mass is 457 g/mol. The summed E-state index contributed by atoms with van der Waals surface area (Å²) in [6.45, 7) is 3.11. The van der Waals surface area contributed by atoms with E-state index >= 15 is 0 Å². The van der Waals surface area contributed by atoms with E-state index in [1.165, 1.54) is 0 Å². The molecule has 0 aromatic carbocycles. The molecule has 4 rings (SSSR count). The molecule has 3 saturated heterocycles. The number of carboxylic acid groups (broad SMARTS) is 1. The zero-order chi connectivity index (χ0) is 23.4. The lowest BCUT2D eigenvalue weighted by Crippen LogP contribution is -2.47. The van der Waals surface area contributed by atoms with Crippen LogP contribution >= 0.6 is 0 Å². The van der Waals surface area contributed by atoms with Crippen molar-refractivity contribution in [1.82, 2.24) is 14.8 Å². The summed E-state index contributed by atoms with van der Waals surface area (Å²) in [5.41, 5.74) is 0.416. The number of piperidine rings is 1. The fraction of sp³-hybridized carbons (Fsp3) is 0.619. The van der Waals surface area contributed by atoms with Gasteiger partial charge in [0.1, 0.15) is 6.10 Å². The van der Waals surface area contributed by atoms with Gasteiger partial charge in [-0.2, -0.15) is 13.2 Å². The summed E-state index contributed by atoms with van der Waals surface area (Å²) in [7, 11) is 0. The Morgan fingerprint density at radius 3 is 2.22 bits per heavy atom. The van der Waals surface area contributed by atoms with Gasteiger partial charge in [-0.25, -0.2) is 4.79 Å². The molecular weight excluding hydrogens is 431 g/mol. The molecule has 0 aliphatic carbocycles. The number of likely N-dealkylation sites (tertiary alicyclic amines) is 2. The van der Waals surface area contributed by atoms with Crippen LogP contribution in [0.4, 0.5) is 13.2 Å². The fourth-order valence-electron chi connectivity index (χ4n) is 4.29. The zero-order valence-electron chi connectivity index (χ0n) is 17.5. The molecule has 1 unspecified atom stereocenters. The predicted octanol–water partition coefficient (Wildman–Crippen LogP) is 2.49. The molecule has 1 atom stereocenters. The van der Waals surface area contributed by atoms with E-state index in [0.717, 1.165) is 51.6 Å². The molecule has 8 nitrogen and oxygen atoms in total. The van der Waals surface area contributed by atoms with Crippen LogP contribution in [0.1, 0.15) is 48.9 Å². The average Bonchev–Trinajstić information content (AvgIpc) is 3.45. The summed E-state index contributed by atoms with van der Waals surface area (Å²) in [5.74, 6) is -2.55. The van der Waals surface area contributed by atoms with Crippen molar-refractivity contribution in [3.63, 3.8) is 0 Å². The number of carbonyl (C=O) groups excluding carboxylic acids is 2. The summed E-state index contributed by atoms with van der Waals surface area (Å²) in [6, 6.07) is 3.59. The number of amides is 2. The van der Waals surface area contributed by atoms with Gasteiger partial charge in [0, 0.05) is 38.6 Å². The van der Waals surface area contributed by atoms with Crippen molar-refractivity contribution in [3.05, 3.63) is 30.1 Å². The van der Waals surface area contributed by atoms with E-state index in [2.05, 4.69) is 4.98 Å². The Morgan fingerprint density at radius 1 is 1.06 bits per heavy atom. The smallest absolute Gasteiger partial charge is 0.475 e. The Kier molecular flexibility index (Phi) is 7.37. The molecule has 1 N–H and O–H groups in total. The van der Waals surface area contributed by atoms with Crippen LogP contribution in [0.2, 0.25) is 0 Å². The summed E-state index contributed by atoms with van der Waals surface area (Å²) in [5, 5.41) is 7.12. The Balaban J connectivity index is 0.000000360. The van der Waals surface area contributed by atoms with Crippen LogP contribution in [0, 0.1) is 0 Å². The second-order valence-corrected chi connectivity index (χ2v) is 8.20. The molecule has 32 heavy (non-hydrogen) atoms. The van der Waals surface area contributed by atoms with Gasteiger partial charge in [-0.15, -0.1) is 0 Å². The maximum absolute atomic E-state index is 12.6. The molecular formula is C21H26F3N3O5. The number of alkyl halides is 3. The van der Waals surface area contributed by atoms with Gasteiger partial charge in [0.05, 0.1) is 11.2 Å². The topological polar surface area (TPSA) is 100 Å². The molecule has 0 radical (unpaired) electrons. The van der Waals surface area contributed by atoms with Gasteiger partial charge in [-0.3, -0.25) is 14.6 Å². The van der Waals surface area contributed by atoms with Crippen molar-refractivity contribution in [2.45, 2.75) is 56.4 Å². The predicted molar refractivity (Wildman–Crippen MR) is 106 cm³/mol. The fourth-order valence-corrected chi connectivity index (χ4v) is 4.29. The van der Waals surface area contributed by atoms with Gasteiger partial charge in [0.2, 0.25) is 0 Å². The third-order valence-corrected chi connectivity index (χ3v) is 6.06. The van der Waals surface area contributed by atoms with E-state index in [-0.39, 0.29) is 23.5 Å². The Labute approximate surface area is 183 Å². The SMILES string of the molecule is O=C(O)C(F)(F)F.O=C(c1cccnc1)N1CCC2(CCC(C(=O)N3CCCC3)O2)CC1. The lowest BCUT2D eigenvalue weighted by atomic mass is 9.88. The highest BCUT2D eigenvalue weighted by Crippen LogP contribution is 2.39. The third kappa shape index (κ3) is 5.76. The molecule has 1 aromatic rings. The number of rotatable bonds is 2. The molecule has 1 spiro atoms. The molecule has 4 heterocycles. The van der Waals surface area contributed by atoms with E-state index in [1.807, 2.05) is 9.80 Å². The minimum absolute atomic E-state index is 0.0330. The van der Waals surface area contributed by atoms with Crippen LogP contribution in [0.25, 0.3) is 0 Å². The molecule has 0 saturated carbocycles. The van der Waals surface area contributed by atoms with E-state index < -0.39 is 12.1 Å². The number of ether oxygens (including phenoxy) is 1. The maximum atomic E-state index is 12.6. The summed E-state index contributed by atoms with van der Waals surface area (Å²) in [6.07, 6.45) is 3.49. The first kappa shape index (κ1) is 24.0. The zero-order valence-corrected chi connectivity index (χ0v) is 17.5. The van der Waals surface area contributed by atoms with Crippen molar-refractivity contribution in [3.8, 4) is 0 Å². The van der Waals surface area contributed by atoms with Crippen LogP contribution in [0.5, 0.6) is 0 Å². The van der Waals surface area contributed by atoms with Gasteiger partial charge >= 0.3 is 12.1 Å². The minimum Gasteiger partial charge on any atom is -0.475 e. The van der Waals surface area contributed by atoms with E-state index in [1.54, 1.807) is 24.5 Å². The second kappa shape index (κ2) is 9.85. The first-order valence-electron chi connectivity index (χ1n) is 10.6. The number of aromatic nitrogens is 1. The molecule has 3 aliphatic rings. The van der Waals surface area contributed by atoms with Gasteiger partial charge in [0.25, 0.3) is 11.8 Å². The lowest BCUT2D eigenvalue weighted by Gasteiger charge is -2.39. The Bertz CT molecular complexity index is 820. The quantitative estimate of drug-likeness (QED) is 0.733. The van der Waals surface area contributed by atoms with Gasteiger partial charge < -0.3 is 19.6 Å². The second-order valence-electron chi connectivity index (χ2n) is 8.20. The van der Waals surface area contributed by atoms with Crippen molar-refractivity contribution in [2.75, 3.05) is 26.2 Å². The van der Waals surface area contributed by atoms with Crippen LogP contribution in [0.3, 0.4) is 0 Å². The summed E-state index contributed by atoms with van der Waals surface area (Å²) >= 11 is 0. The number of hydrogen-bond acceptors (Lipinski definition) is 5. The highest BCUT2D eigenvalue weighted by Gasteiger charge is 2.46. The minimum atomic E-state index is -5.08.